The first-order valence-electron chi connectivity index (χ1n) is 7.98. The van der Waals surface area contributed by atoms with Gasteiger partial charge >= 0.3 is 0 Å². The molecule has 0 aromatic heterocycles. The van der Waals surface area contributed by atoms with E-state index in [0.717, 1.165) is 23.2 Å². The zero-order valence-electron chi connectivity index (χ0n) is 14.3. The SMILES string of the molecule is COc1ccc(C(=O)CN(C2=NCCS2)c2ccccc2)cc1OC. The van der Waals surface area contributed by atoms with E-state index in [1.54, 1.807) is 44.2 Å². The van der Waals surface area contributed by atoms with Gasteiger partial charge in [-0.2, -0.15) is 0 Å². The monoisotopic (exact) mass is 356 g/mol. The van der Waals surface area contributed by atoms with Crippen LogP contribution < -0.4 is 14.4 Å². The summed E-state index contributed by atoms with van der Waals surface area (Å²) < 4.78 is 10.5. The largest absolute Gasteiger partial charge is 0.493 e. The molecular formula is C19H20N2O3S. The van der Waals surface area contributed by atoms with Gasteiger partial charge < -0.3 is 14.4 Å². The highest BCUT2D eigenvalue weighted by atomic mass is 32.2. The van der Waals surface area contributed by atoms with Gasteiger partial charge in [0.25, 0.3) is 0 Å². The van der Waals surface area contributed by atoms with E-state index < -0.39 is 0 Å². The highest BCUT2D eigenvalue weighted by molar-refractivity contribution is 8.14. The minimum absolute atomic E-state index is 0.00000567. The fourth-order valence-electron chi connectivity index (χ4n) is 2.61. The van der Waals surface area contributed by atoms with Crippen LogP contribution in [0.3, 0.4) is 0 Å². The van der Waals surface area contributed by atoms with Crippen LogP contribution in [0, 0.1) is 0 Å². The number of anilines is 1. The Morgan fingerprint density at radius 2 is 1.88 bits per heavy atom. The van der Waals surface area contributed by atoms with Crippen molar-refractivity contribution < 1.29 is 14.3 Å². The van der Waals surface area contributed by atoms with Crippen molar-refractivity contribution in [3.63, 3.8) is 0 Å². The molecule has 0 atom stereocenters. The van der Waals surface area contributed by atoms with Crippen molar-refractivity contribution in [1.29, 1.82) is 0 Å². The molecule has 2 aromatic carbocycles. The van der Waals surface area contributed by atoms with Crippen LogP contribution in [0.2, 0.25) is 0 Å². The summed E-state index contributed by atoms with van der Waals surface area (Å²) in [5.74, 6) is 2.10. The highest BCUT2D eigenvalue weighted by Gasteiger charge is 2.21. The van der Waals surface area contributed by atoms with Crippen LogP contribution in [-0.2, 0) is 0 Å². The second kappa shape index (κ2) is 8.07. The number of carbonyl (C=O) groups is 1. The zero-order chi connectivity index (χ0) is 17.6. The Labute approximate surface area is 151 Å². The number of hydrogen-bond donors (Lipinski definition) is 0. The third kappa shape index (κ3) is 3.96. The molecule has 0 aliphatic carbocycles. The molecule has 6 heteroatoms. The van der Waals surface area contributed by atoms with Crippen molar-refractivity contribution in [3.8, 4) is 11.5 Å². The smallest absolute Gasteiger partial charge is 0.182 e. The second-order valence-electron chi connectivity index (χ2n) is 5.43. The summed E-state index contributed by atoms with van der Waals surface area (Å²) in [7, 11) is 3.14. The van der Waals surface area contributed by atoms with E-state index >= 15 is 0 Å². The molecule has 0 saturated carbocycles. The summed E-state index contributed by atoms with van der Waals surface area (Å²) >= 11 is 1.68. The summed E-state index contributed by atoms with van der Waals surface area (Å²) in [5, 5.41) is 0.889. The van der Waals surface area contributed by atoms with Gasteiger partial charge in [0.15, 0.2) is 22.4 Å². The summed E-state index contributed by atoms with van der Waals surface area (Å²) in [6, 6.07) is 15.1. The number of thioether (sulfide) groups is 1. The molecule has 0 fully saturated rings. The number of para-hydroxylation sites is 1. The second-order valence-corrected chi connectivity index (χ2v) is 6.49. The van der Waals surface area contributed by atoms with Crippen molar-refractivity contribution >= 4 is 28.4 Å². The van der Waals surface area contributed by atoms with Crippen molar-refractivity contribution in [1.82, 2.24) is 0 Å². The molecule has 0 unspecified atom stereocenters. The molecule has 1 aliphatic rings. The molecule has 0 radical (unpaired) electrons. The molecule has 5 nitrogen and oxygen atoms in total. The molecule has 0 saturated heterocycles. The van der Waals surface area contributed by atoms with Gasteiger partial charge in [-0.25, -0.2) is 0 Å². The Kier molecular flexibility index (Phi) is 5.60. The van der Waals surface area contributed by atoms with Gasteiger partial charge in [0, 0.05) is 17.0 Å². The van der Waals surface area contributed by atoms with Gasteiger partial charge in [0.2, 0.25) is 0 Å². The molecule has 0 amide bonds. The van der Waals surface area contributed by atoms with Crippen LogP contribution >= 0.6 is 11.8 Å². The van der Waals surface area contributed by atoms with Gasteiger partial charge in [0.05, 0.1) is 27.3 Å². The van der Waals surface area contributed by atoms with Crippen molar-refractivity contribution in [3.05, 3.63) is 54.1 Å². The Morgan fingerprint density at radius 1 is 1.12 bits per heavy atom. The highest BCUT2D eigenvalue weighted by Crippen LogP contribution is 2.28. The van der Waals surface area contributed by atoms with Crippen LogP contribution in [0.25, 0.3) is 0 Å². The normalized spacial score (nSPS) is 13.3. The predicted octanol–water partition coefficient (Wildman–Crippen LogP) is 3.50. The van der Waals surface area contributed by atoms with E-state index in [9.17, 15) is 4.79 Å². The number of Topliss-reactive ketones (excluding diaryl/α,β-unsaturated/α-hetero) is 1. The van der Waals surface area contributed by atoms with Crippen LogP contribution in [-0.4, -0.2) is 44.0 Å². The maximum atomic E-state index is 12.9. The van der Waals surface area contributed by atoms with Crippen molar-refractivity contribution in [2.45, 2.75) is 0 Å². The van der Waals surface area contributed by atoms with Crippen LogP contribution in [0.4, 0.5) is 5.69 Å². The molecule has 0 N–H and O–H groups in total. The number of rotatable bonds is 6. The summed E-state index contributed by atoms with van der Waals surface area (Å²) in [6.45, 7) is 1.01. The average Bonchev–Trinajstić information content (AvgIpc) is 3.20. The fraction of sp³-hybridized carbons (Fsp3) is 0.263. The van der Waals surface area contributed by atoms with Gasteiger partial charge in [-0.05, 0) is 30.3 Å². The quantitative estimate of drug-likeness (QED) is 0.742. The van der Waals surface area contributed by atoms with Crippen LogP contribution in [0.1, 0.15) is 10.4 Å². The maximum absolute atomic E-state index is 12.9. The summed E-state index contributed by atoms with van der Waals surface area (Å²) in [4.78, 5) is 19.3. The molecule has 2 aromatic rings. The van der Waals surface area contributed by atoms with Gasteiger partial charge in [-0.15, -0.1) is 0 Å². The van der Waals surface area contributed by atoms with Crippen molar-refractivity contribution in [2.75, 3.05) is 38.0 Å². The van der Waals surface area contributed by atoms with Crippen molar-refractivity contribution in [2.24, 2.45) is 4.99 Å². The third-order valence-electron chi connectivity index (χ3n) is 3.88. The Bertz CT molecular complexity index is 777. The number of carbonyl (C=O) groups excluding carboxylic acids is 1. The number of nitrogens with zero attached hydrogens (tertiary/aromatic N) is 2. The molecule has 3 rings (SSSR count). The zero-order valence-corrected chi connectivity index (χ0v) is 15.1. The topological polar surface area (TPSA) is 51.1 Å². The number of ketones is 1. The fourth-order valence-corrected chi connectivity index (χ4v) is 3.48. The number of benzene rings is 2. The van der Waals surface area contributed by atoms with E-state index in [1.807, 2.05) is 35.2 Å². The molecular weight excluding hydrogens is 336 g/mol. The first-order valence-corrected chi connectivity index (χ1v) is 8.96. The van der Waals surface area contributed by atoms with Gasteiger partial charge in [0.1, 0.15) is 0 Å². The molecule has 1 aliphatic heterocycles. The first-order chi connectivity index (χ1) is 12.2. The number of aliphatic imine (C=N–C) groups is 1. The van der Waals surface area contributed by atoms with Gasteiger partial charge in [-0.3, -0.25) is 9.79 Å². The predicted molar refractivity (Wildman–Crippen MR) is 102 cm³/mol. The first kappa shape index (κ1) is 17.4. The van der Waals surface area contributed by atoms with E-state index in [1.165, 1.54) is 0 Å². The summed E-state index contributed by atoms with van der Waals surface area (Å²) in [5.41, 5.74) is 1.55. The van der Waals surface area contributed by atoms with E-state index in [2.05, 4.69) is 4.99 Å². The average molecular weight is 356 g/mol. The lowest BCUT2D eigenvalue weighted by atomic mass is 10.1. The lowest BCUT2D eigenvalue weighted by Crippen LogP contribution is -2.33. The molecule has 130 valence electrons. The lowest BCUT2D eigenvalue weighted by Gasteiger charge is -2.23. The summed E-state index contributed by atoms with van der Waals surface area (Å²) in [6.07, 6.45) is 0. The minimum Gasteiger partial charge on any atom is -0.493 e. The lowest BCUT2D eigenvalue weighted by molar-refractivity contribution is 0.100. The number of ether oxygens (including phenoxy) is 2. The van der Waals surface area contributed by atoms with E-state index in [-0.39, 0.29) is 12.3 Å². The Hall–Kier alpha value is -2.47. The Morgan fingerprint density at radius 3 is 2.52 bits per heavy atom. The molecule has 0 spiro atoms. The molecule has 1 heterocycles. The molecule has 25 heavy (non-hydrogen) atoms. The number of methoxy groups -OCH3 is 2. The van der Waals surface area contributed by atoms with Crippen LogP contribution in [0.15, 0.2) is 53.5 Å². The number of amidine groups is 1. The number of hydrogen-bond acceptors (Lipinski definition) is 6. The van der Waals surface area contributed by atoms with Crippen LogP contribution in [0.5, 0.6) is 11.5 Å². The van der Waals surface area contributed by atoms with E-state index in [0.29, 0.717) is 17.1 Å². The minimum atomic E-state index is 0.00000567. The third-order valence-corrected chi connectivity index (χ3v) is 4.87. The van der Waals surface area contributed by atoms with Gasteiger partial charge in [-0.1, -0.05) is 30.0 Å². The molecule has 0 bridgehead atoms. The van der Waals surface area contributed by atoms with E-state index in [4.69, 9.17) is 9.47 Å². The Balaban J connectivity index is 1.85. The standard InChI is InChI=1S/C19H20N2O3S/c1-23-17-9-8-14(12-18(17)24-2)16(22)13-21(19-20-10-11-25-19)15-6-4-3-5-7-15/h3-9,12H,10-11,13H2,1-2H3. The maximum Gasteiger partial charge on any atom is 0.182 e.